The number of nitrogens with zero attached hydrogens (tertiary/aromatic N) is 1. The van der Waals surface area contributed by atoms with Crippen LogP contribution in [0.4, 0.5) is 11.5 Å². The van der Waals surface area contributed by atoms with Crippen LogP contribution < -0.4 is 15.4 Å². The molecular weight excluding hydrogens is 374 g/mol. The summed E-state index contributed by atoms with van der Waals surface area (Å²) < 4.78 is 5.12. The molecule has 6 heteroatoms. The third kappa shape index (κ3) is 5.99. The van der Waals surface area contributed by atoms with Crippen LogP contribution in [0.5, 0.6) is 5.75 Å². The molecule has 0 bridgehead atoms. The van der Waals surface area contributed by atoms with E-state index < -0.39 is 0 Å². The fraction of sp³-hybridized carbons (Fsp3) is 0.182. The molecule has 0 aliphatic heterocycles. The molecule has 0 aliphatic carbocycles. The van der Waals surface area contributed by atoms with Gasteiger partial charge in [-0.2, -0.15) is 0 Å². The molecule has 0 aliphatic rings. The maximum Gasteiger partial charge on any atom is 0.228 e. The van der Waals surface area contributed by atoms with Gasteiger partial charge in [-0.25, -0.2) is 4.98 Å². The number of methoxy groups -OCH3 is 1. The molecule has 3 rings (SSSR count). The van der Waals surface area contributed by atoms with Gasteiger partial charge in [0.15, 0.2) is 0 Å². The number of hydrogen-bond acceptors (Lipinski definition) is 4. The minimum absolute atomic E-state index is 0.0876. The van der Waals surface area contributed by atoms with Gasteiger partial charge in [0, 0.05) is 11.6 Å². The highest BCUT2D eigenvalue weighted by Gasteiger charge is 2.05. The number of carbonyl (C=O) groups is 1. The molecule has 0 saturated carbocycles. The van der Waals surface area contributed by atoms with Crippen molar-refractivity contribution < 1.29 is 9.53 Å². The van der Waals surface area contributed by atoms with Gasteiger partial charge in [-0.05, 0) is 53.9 Å². The Hall–Kier alpha value is -3.05. The number of pyridine rings is 1. The van der Waals surface area contributed by atoms with Crippen molar-refractivity contribution in [3.8, 4) is 5.75 Å². The Kier molecular flexibility index (Phi) is 6.87. The van der Waals surface area contributed by atoms with Crippen LogP contribution in [-0.2, 0) is 17.6 Å². The van der Waals surface area contributed by atoms with Gasteiger partial charge in [-0.15, -0.1) is 0 Å². The number of carbonyl (C=O) groups excluding carboxylic acids is 1. The molecule has 1 amide bonds. The lowest BCUT2D eigenvalue weighted by Gasteiger charge is -2.08. The summed E-state index contributed by atoms with van der Waals surface area (Å²) in [6, 6.07) is 18.9. The fourth-order valence-corrected chi connectivity index (χ4v) is 2.82. The third-order valence-electron chi connectivity index (χ3n) is 4.20. The number of hydrogen-bond donors (Lipinski definition) is 2. The van der Waals surface area contributed by atoms with Crippen LogP contribution in [0.15, 0.2) is 66.9 Å². The molecule has 2 N–H and O–H groups in total. The molecule has 0 unspecified atom stereocenters. The van der Waals surface area contributed by atoms with Gasteiger partial charge in [0.05, 0.1) is 25.4 Å². The molecule has 1 aromatic heterocycles. The second kappa shape index (κ2) is 9.76. The van der Waals surface area contributed by atoms with E-state index in [1.165, 1.54) is 5.56 Å². The Morgan fingerprint density at radius 1 is 1.00 bits per heavy atom. The summed E-state index contributed by atoms with van der Waals surface area (Å²) >= 11 is 5.89. The summed E-state index contributed by atoms with van der Waals surface area (Å²) in [4.78, 5) is 16.5. The topological polar surface area (TPSA) is 63.2 Å². The van der Waals surface area contributed by atoms with E-state index in [9.17, 15) is 4.79 Å². The molecule has 3 aromatic rings. The fourth-order valence-electron chi connectivity index (χ4n) is 2.69. The first-order chi connectivity index (χ1) is 13.6. The Labute approximate surface area is 169 Å². The van der Waals surface area contributed by atoms with E-state index in [1.807, 2.05) is 60.7 Å². The van der Waals surface area contributed by atoms with Crippen molar-refractivity contribution >= 4 is 29.0 Å². The van der Waals surface area contributed by atoms with E-state index in [2.05, 4.69) is 15.6 Å². The summed E-state index contributed by atoms with van der Waals surface area (Å²) in [5.74, 6) is 1.45. The second-order valence-electron chi connectivity index (χ2n) is 6.31. The van der Waals surface area contributed by atoms with E-state index >= 15 is 0 Å². The first-order valence-electron chi connectivity index (χ1n) is 8.99. The van der Waals surface area contributed by atoms with Gasteiger partial charge < -0.3 is 15.4 Å². The van der Waals surface area contributed by atoms with Gasteiger partial charge >= 0.3 is 0 Å². The molecule has 5 nitrogen and oxygen atoms in total. The number of benzene rings is 2. The molecule has 0 spiro atoms. The molecule has 0 atom stereocenters. The van der Waals surface area contributed by atoms with Crippen molar-refractivity contribution in [3.05, 3.63) is 83.0 Å². The lowest BCUT2D eigenvalue weighted by molar-refractivity contribution is -0.115. The van der Waals surface area contributed by atoms with Crippen LogP contribution >= 0.6 is 11.6 Å². The molecule has 2 aromatic carbocycles. The maximum absolute atomic E-state index is 12.2. The largest absolute Gasteiger partial charge is 0.497 e. The molecule has 0 saturated heterocycles. The van der Waals surface area contributed by atoms with Crippen molar-refractivity contribution in [2.45, 2.75) is 12.8 Å². The van der Waals surface area contributed by atoms with E-state index in [4.69, 9.17) is 16.3 Å². The number of aromatic nitrogens is 1. The van der Waals surface area contributed by atoms with E-state index in [0.29, 0.717) is 12.1 Å². The lowest BCUT2D eigenvalue weighted by Crippen LogP contribution is -2.14. The monoisotopic (exact) mass is 395 g/mol. The van der Waals surface area contributed by atoms with Gasteiger partial charge in [-0.1, -0.05) is 35.9 Å². The summed E-state index contributed by atoms with van der Waals surface area (Å²) in [5, 5.41) is 6.87. The highest BCUT2D eigenvalue weighted by Crippen LogP contribution is 2.14. The van der Waals surface area contributed by atoms with Crippen molar-refractivity contribution in [1.82, 2.24) is 4.98 Å². The van der Waals surface area contributed by atoms with E-state index in [0.717, 1.165) is 35.1 Å². The minimum Gasteiger partial charge on any atom is -0.497 e. The Balaban J connectivity index is 1.45. The zero-order valence-electron chi connectivity index (χ0n) is 15.6. The Morgan fingerprint density at radius 2 is 1.71 bits per heavy atom. The Morgan fingerprint density at radius 3 is 2.36 bits per heavy atom. The predicted octanol–water partition coefficient (Wildman–Crippen LogP) is 4.58. The number of nitrogens with one attached hydrogen (secondary N) is 2. The van der Waals surface area contributed by atoms with Crippen LogP contribution in [0, 0.1) is 0 Å². The average Bonchev–Trinajstić information content (AvgIpc) is 2.71. The van der Waals surface area contributed by atoms with Gasteiger partial charge in [0.25, 0.3) is 0 Å². The standard InChI is InChI=1S/C22H22ClN3O2/c1-28-20-9-4-17(5-10-20)14-22(27)26-19-8-11-21(25-15-19)24-13-12-16-2-6-18(23)7-3-16/h2-11,15H,12-14H2,1H3,(H,24,25)(H,26,27). The third-order valence-corrected chi connectivity index (χ3v) is 4.46. The number of rotatable bonds is 8. The smallest absolute Gasteiger partial charge is 0.228 e. The summed E-state index contributed by atoms with van der Waals surface area (Å²) in [7, 11) is 1.62. The normalized spacial score (nSPS) is 10.4. The van der Waals surface area contributed by atoms with Gasteiger partial charge in [0.1, 0.15) is 11.6 Å². The van der Waals surface area contributed by atoms with Crippen LogP contribution in [-0.4, -0.2) is 24.5 Å². The van der Waals surface area contributed by atoms with Crippen LogP contribution in [0.3, 0.4) is 0 Å². The zero-order valence-corrected chi connectivity index (χ0v) is 16.4. The van der Waals surface area contributed by atoms with Crippen LogP contribution in [0.1, 0.15) is 11.1 Å². The number of ether oxygens (including phenoxy) is 1. The van der Waals surface area contributed by atoms with Gasteiger partial charge in [0.2, 0.25) is 5.91 Å². The first-order valence-corrected chi connectivity index (χ1v) is 9.37. The summed E-state index contributed by atoms with van der Waals surface area (Å²) in [5.41, 5.74) is 2.80. The quantitative estimate of drug-likeness (QED) is 0.586. The van der Waals surface area contributed by atoms with E-state index in [-0.39, 0.29) is 5.91 Å². The molecule has 0 fully saturated rings. The number of amides is 1. The van der Waals surface area contributed by atoms with Crippen molar-refractivity contribution in [2.24, 2.45) is 0 Å². The molecular formula is C22H22ClN3O2. The predicted molar refractivity (Wildman–Crippen MR) is 113 cm³/mol. The molecule has 1 heterocycles. The van der Waals surface area contributed by atoms with Crippen molar-refractivity contribution in [2.75, 3.05) is 24.3 Å². The van der Waals surface area contributed by atoms with Crippen LogP contribution in [0.2, 0.25) is 5.02 Å². The Bertz CT molecular complexity index is 895. The van der Waals surface area contributed by atoms with Crippen molar-refractivity contribution in [3.63, 3.8) is 0 Å². The molecule has 28 heavy (non-hydrogen) atoms. The average molecular weight is 396 g/mol. The highest BCUT2D eigenvalue weighted by molar-refractivity contribution is 6.30. The van der Waals surface area contributed by atoms with Crippen molar-refractivity contribution in [1.29, 1.82) is 0 Å². The SMILES string of the molecule is COc1ccc(CC(=O)Nc2ccc(NCCc3ccc(Cl)cc3)nc2)cc1. The van der Waals surface area contributed by atoms with E-state index in [1.54, 1.807) is 13.3 Å². The van der Waals surface area contributed by atoms with Gasteiger partial charge in [-0.3, -0.25) is 4.79 Å². The second-order valence-corrected chi connectivity index (χ2v) is 6.74. The number of halogens is 1. The summed E-state index contributed by atoms with van der Waals surface area (Å²) in [6.45, 7) is 0.762. The molecule has 144 valence electrons. The zero-order chi connectivity index (χ0) is 19.8. The lowest BCUT2D eigenvalue weighted by atomic mass is 10.1. The molecule has 0 radical (unpaired) electrons. The highest BCUT2D eigenvalue weighted by atomic mass is 35.5. The summed E-state index contributed by atoms with van der Waals surface area (Å²) in [6.07, 6.45) is 2.82. The first kappa shape index (κ1) is 19.7. The van der Waals surface area contributed by atoms with Crippen LogP contribution in [0.25, 0.3) is 0 Å². The minimum atomic E-state index is -0.0876. The number of anilines is 2. The maximum atomic E-state index is 12.2.